The molecule has 1 N–H and O–H groups in total. The topological polar surface area (TPSA) is 50.2 Å². The fraction of sp³-hybridized carbons (Fsp3) is 0.231. The summed E-state index contributed by atoms with van der Waals surface area (Å²) in [7, 11) is 0. The Labute approximate surface area is 114 Å². The smallest absolute Gasteiger partial charge is 0.347 e. The van der Waals surface area contributed by atoms with Crippen molar-refractivity contribution in [2.75, 3.05) is 0 Å². The van der Waals surface area contributed by atoms with Crippen LogP contribution in [0.3, 0.4) is 0 Å². The lowest BCUT2D eigenvalue weighted by atomic mass is 10.2. The highest BCUT2D eigenvalue weighted by atomic mass is 32.2. The maximum atomic E-state index is 10.9. The van der Waals surface area contributed by atoms with Gasteiger partial charge in [0.05, 0.1) is 5.69 Å². The van der Waals surface area contributed by atoms with Crippen molar-refractivity contribution in [1.29, 1.82) is 0 Å². The minimum absolute atomic E-state index is 0.335. The van der Waals surface area contributed by atoms with Crippen LogP contribution in [0.2, 0.25) is 0 Å². The van der Waals surface area contributed by atoms with E-state index >= 15 is 0 Å². The van der Waals surface area contributed by atoms with Crippen LogP contribution in [0.25, 0.3) is 0 Å². The number of benzene rings is 1. The normalized spacial score (nSPS) is 10.6. The maximum Gasteiger partial charge on any atom is 0.347 e. The van der Waals surface area contributed by atoms with E-state index in [2.05, 4.69) is 36.2 Å². The predicted octanol–water partition coefficient (Wildman–Crippen LogP) is 3.75. The van der Waals surface area contributed by atoms with Crippen LogP contribution in [0, 0.1) is 13.8 Å². The number of thioether (sulfide) groups is 1. The summed E-state index contributed by atoms with van der Waals surface area (Å²) in [6, 6.07) is 8.32. The number of hydrogen-bond donors (Lipinski definition) is 1. The lowest BCUT2D eigenvalue weighted by Crippen LogP contribution is -1.94. The fourth-order valence-electron chi connectivity index (χ4n) is 1.46. The Morgan fingerprint density at radius 1 is 1.33 bits per heavy atom. The summed E-state index contributed by atoms with van der Waals surface area (Å²) in [6.45, 7) is 3.79. The summed E-state index contributed by atoms with van der Waals surface area (Å²) < 4.78 is 0.811. The Bertz CT molecular complexity index is 561. The van der Waals surface area contributed by atoms with Gasteiger partial charge in [0.1, 0.15) is 4.88 Å². The van der Waals surface area contributed by atoms with Gasteiger partial charge in [-0.2, -0.15) is 0 Å². The molecule has 18 heavy (non-hydrogen) atoms. The van der Waals surface area contributed by atoms with E-state index in [4.69, 9.17) is 5.11 Å². The van der Waals surface area contributed by atoms with E-state index in [1.807, 2.05) is 0 Å². The van der Waals surface area contributed by atoms with Crippen molar-refractivity contribution in [3.05, 3.63) is 46.0 Å². The van der Waals surface area contributed by atoms with Gasteiger partial charge < -0.3 is 5.11 Å². The molecule has 1 aromatic heterocycles. The molecule has 0 bridgehead atoms. The number of thiazole rings is 1. The van der Waals surface area contributed by atoms with Gasteiger partial charge in [-0.25, -0.2) is 9.78 Å². The maximum absolute atomic E-state index is 10.9. The van der Waals surface area contributed by atoms with Crippen LogP contribution in [0.4, 0.5) is 0 Å². The van der Waals surface area contributed by atoms with Crippen molar-refractivity contribution >= 4 is 29.1 Å². The van der Waals surface area contributed by atoms with Gasteiger partial charge in [-0.1, -0.05) is 41.6 Å². The van der Waals surface area contributed by atoms with E-state index in [9.17, 15) is 4.79 Å². The predicted molar refractivity (Wildman–Crippen MR) is 74.6 cm³/mol. The van der Waals surface area contributed by atoms with Crippen molar-refractivity contribution in [3.8, 4) is 0 Å². The molecule has 0 spiro atoms. The first kappa shape index (κ1) is 13.1. The van der Waals surface area contributed by atoms with Crippen molar-refractivity contribution in [2.24, 2.45) is 0 Å². The SMILES string of the molecule is Cc1ccc(CSc2nc(C)c(C(=O)O)s2)cc1. The molecule has 0 aliphatic heterocycles. The largest absolute Gasteiger partial charge is 0.477 e. The van der Waals surface area contributed by atoms with Crippen LogP contribution in [0.15, 0.2) is 28.6 Å². The number of carboxylic acid groups (broad SMARTS) is 1. The summed E-state index contributed by atoms with van der Waals surface area (Å²) in [5.74, 6) is -0.0843. The molecule has 0 atom stereocenters. The summed E-state index contributed by atoms with van der Waals surface area (Å²) in [5.41, 5.74) is 3.05. The number of carboxylic acids is 1. The summed E-state index contributed by atoms with van der Waals surface area (Å²) in [6.07, 6.45) is 0. The van der Waals surface area contributed by atoms with Crippen LogP contribution in [-0.2, 0) is 5.75 Å². The van der Waals surface area contributed by atoms with E-state index in [-0.39, 0.29) is 0 Å². The Balaban J connectivity index is 2.04. The van der Waals surface area contributed by atoms with E-state index in [0.29, 0.717) is 10.6 Å². The van der Waals surface area contributed by atoms with Crippen molar-refractivity contribution in [3.63, 3.8) is 0 Å². The molecule has 2 aromatic rings. The highest BCUT2D eigenvalue weighted by molar-refractivity contribution is 8.00. The Morgan fingerprint density at radius 2 is 2.00 bits per heavy atom. The minimum Gasteiger partial charge on any atom is -0.477 e. The highest BCUT2D eigenvalue weighted by Gasteiger charge is 2.13. The summed E-state index contributed by atoms with van der Waals surface area (Å²) >= 11 is 2.82. The standard InChI is InChI=1S/C13H13NO2S2/c1-8-3-5-10(6-4-8)7-17-13-14-9(2)11(18-13)12(15)16/h3-6H,7H2,1-2H3,(H,15,16). The van der Waals surface area contributed by atoms with Crippen LogP contribution in [0.1, 0.15) is 26.5 Å². The second kappa shape index (κ2) is 5.54. The zero-order valence-corrected chi connectivity index (χ0v) is 11.8. The molecular formula is C13H13NO2S2. The molecule has 0 saturated heterocycles. The van der Waals surface area contributed by atoms with Gasteiger partial charge in [-0.15, -0.1) is 11.3 Å². The van der Waals surface area contributed by atoms with E-state index in [1.165, 1.54) is 22.5 Å². The third-order valence-electron chi connectivity index (χ3n) is 2.45. The van der Waals surface area contributed by atoms with Crippen LogP contribution in [-0.4, -0.2) is 16.1 Å². The first-order valence-electron chi connectivity index (χ1n) is 5.45. The number of hydrogen-bond acceptors (Lipinski definition) is 4. The molecule has 0 saturated carbocycles. The van der Waals surface area contributed by atoms with Gasteiger partial charge in [-0.05, 0) is 19.4 Å². The molecule has 2 rings (SSSR count). The second-order valence-electron chi connectivity index (χ2n) is 3.97. The van der Waals surface area contributed by atoms with Crippen molar-refractivity contribution in [1.82, 2.24) is 4.98 Å². The van der Waals surface area contributed by atoms with E-state index in [1.54, 1.807) is 18.7 Å². The molecule has 5 heteroatoms. The van der Waals surface area contributed by atoms with Crippen molar-refractivity contribution in [2.45, 2.75) is 23.9 Å². The summed E-state index contributed by atoms with van der Waals surface area (Å²) in [5, 5.41) is 8.96. The summed E-state index contributed by atoms with van der Waals surface area (Å²) in [4.78, 5) is 15.5. The number of rotatable bonds is 4. The second-order valence-corrected chi connectivity index (χ2v) is 6.20. The fourth-order valence-corrected chi connectivity index (χ4v) is 3.45. The average molecular weight is 279 g/mol. The quantitative estimate of drug-likeness (QED) is 0.866. The lowest BCUT2D eigenvalue weighted by molar-refractivity contribution is 0.0701. The molecule has 0 fully saturated rings. The van der Waals surface area contributed by atoms with Crippen LogP contribution < -0.4 is 0 Å². The number of carbonyl (C=O) groups is 1. The minimum atomic E-state index is -0.896. The third-order valence-corrected chi connectivity index (χ3v) is 4.81. The highest BCUT2D eigenvalue weighted by Crippen LogP contribution is 2.29. The molecule has 0 aliphatic carbocycles. The molecule has 0 unspecified atom stereocenters. The van der Waals surface area contributed by atoms with Gasteiger partial charge in [-0.3, -0.25) is 0 Å². The molecule has 94 valence electrons. The molecule has 0 radical (unpaired) electrons. The molecule has 1 heterocycles. The molecule has 1 aromatic carbocycles. The zero-order chi connectivity index (χ0) is 13.1. The van der Waals surface area contributed by atoms with E-state index in [0.717, 1.165) is 10.1 Å². The number of aromatic carboxylic acids is 1. The first-order chi connectivity index (χ1) is 8.56. The molecule has 0 amide bonds. The number of aryl methyl sites for hydroxylation is 2. The third kappa shape index (κ3) is 3.11. The van der Waals surface area contributed by atoms with Crippen LogP contribution in [0.5, 0.6) is 0 Å². The van der Waals surface area contributed by atoms with Gasteiger partial charge in [0.2, 0.25) is 0 Å². The van der Waals surface area contributed by atoms with Gasteiger partial charge >= 0.3 is 5.97 Å². The Morgan fingerprint density at radius 3 is 2.56 bits per heavy atom. The molecule has 3 nitrogen and oxygen atoms in total. The van der Waals surface area contributed by atoms with Gasteiger partial charge in [0.15, 0.2) is 4.34 Å². The molecular weight excluding hydrogens is 266 g/mol. The van der Waals surface area contributed by atoms with Crippen molar-refractivity contribution < 1.29 is 9.90 Å². The monoisotopic (exact) mass is 279 g/mol. The zero-order valence-electron chi connectivity index (χ0n) is 10.1. The number of aromatic nitrogens is 1. The first-order valence-corrected chi connectivity index (χ1v) is 7.25. The Hall–Kier alpha value is -1.33. The lowest BCUT2D eigenvalue weighted by Gasteiger charge is -1.99. The van der Waals surface area contributed by atoms with E-state index < -0.39 is 5.97 Å². The van der Waals surface area contributed by atoms with Gasteiger partial charge in [0.25, 0.3) is 0 Å². The Kier molecular flexibility index (Phi) is 4.04. The van der Waals surface area contributed by atoms with Crippen LogP contribution >= 0.6 is 23.1 Å². The molecule has 0 aliphatic rings. The number of nitrogens with zero attached hydrogens (tertiary/aromatic N) is 1. The average Bonchev–Trinajstić information content (AvgIpc) is 2.70. The van der Waals surface area contributed by atoms with Gasteiger partial charge in [0, 0.05) is 5.75 Å².